The molecule has 1 aliphatic rings. The molecule has 0 spiro atoms. The number of carbonyl (C=O) groups is 2. The first-order valence-electron chi connectivity index (χ1n) is 6.41. The van der Waals surface area contributed by atoms with Gasteiger partial charge in [0, 0.05) is 14.6 Å². The van der Waals surface area contributed by atoms with Crippen LogP contribution in [0.3, 0.4) is 0 Å². The summed E-state index contributed by atoms with van der Waals surface area (Å²) in [5.74, 6) is -0.310. The minimum atomic E-state index is -0.159. The van der Waals surface area contributed by atoms with Crippen LogP contribution in [0.5, 0.6) is 0 Å². The first-order valence-corrected chi connectivity index (χ1v) is 8.28. The molecule has 1 heterocycles. The molecule has 0 bridgehead atoms. The van der Waals surface area contributed by atoms with Crippen molar-refractivity contribution in [3.63, 3.8) is 0 Å². The smallest absolute Gasteiger partial charge is 0.261 e. The third-order valence-electron chi connectivity index (χ3n) is 3.25. The molecule has 19 heavy (non-hydrogen) atoms. The summed E-state index contributed by atoms with van der Waals surface area (Å²) >= 11 is 5.55. The van der Waals surface area contributed by atoms with Gasteiger partial charge in [-0.25, -0.2) is 0 Å². The lowest BCUT2D eigenvalue weighted by atomic mass is 10.1. The summed E-state index contributed by atoms with van der Waals surface area (Å²) in [6, 6.07) is 3.54. The molecule has 1 aromatic carbocycles. The van der Waals surface area contributed by atoms with Crippen LogP contribution in [-0.2, 0) is 0 Å². The van der Waals surface area contributed by atoms with Crippen LogP contribution in [0.2, 0.25) is 0 Å². The van der Waals surface area contributed by atoms with E-state index in [0.717, 1.165) is 33.7 Å². The molecule has 0 aromatic heterocycles. The highest BCUT2D eigenvalue weighted by Crippen LogP contribution is 2.30. The number of carbonyl (C=O) groups excluding carboxylic acids is 2. The second-order valence-electron chi connectivity index (χ2n) is 4.63. The van der Waals surface area contributed by atoms with Gasteiger partial charge >= 0.3 is 0 Å². The standard InChI is InChI=1S/C14H15BrINO2/c1-2-3-4-5-6-17-13(18)9-7-11(15)12(16)8-10(9)14(17)19/h7-8H,2-6H2,1H3. The monoisotopic (exact) mass is 435 g/mol. The Bertz CT molecular complexity index is 489. The molecular weight excluding hydrogens is 421 g/mol. The molecule has 0 fully saturated rings. The van der Waals surface area contributed by atoms with E-state index in [9.17, 15) is 9.59 Å². The average Bonchev–Trinajstić information content (AvgIpc) is 2.60. The van der Waals surface area contributed by atoms with Crippen LogP contribution in [0, 0.1) is 3.57 Å². The third kappa shape index (κ3) is 3.02. The first-order chi connectivity index (χ1) is 9.06. The van der Waals surface area contributed by atoms with Crippen molar-refractivity contribution in [3.05, 3.63) is 31.3 Å². The lowest BCUT2D eigenvalue weighted by Crippen LogP contribution is -2.30. The zero-order chi connectivity index (χ0) is 14.0. The maximum absolute atomic E-state index is 12.2. The van der Waals surface area contributed by atoms with Crippen LogP contribution < -0.4 is 0 Å². The normalized spacial score (nSPS) is 14.2. The second-order valence-corrected chi connectivity index (χ2v) is 6.65. The molecule has 0 aliphatic carbocycles. The van der Waals surface area contributed by atoms with Gasteiger partial charge in [-0.15, -0.1) is 0 Å². The van der Waals surface area contributed by atoms with Crippen molar-refractivity contribution in [3.8, 4) is 0 Å². The second kappa shape index (κ2) is 6.35. The molecule has 2 amide bonds. The molecule has 0 saturated carbocycles. The van der Waals surface area contributed by atoms with Crippen molar-refractivity contribution >= 4 is 50.3 Å². The summed E-state index contributed by atoms with van der Waals surface area (Å²) in [5, 5.41) is 0. The van der Waals surface area contributed by atoms with Crippen molar-refractivity contribution in [2.24, 2.45) is 0 Å². The molecule has 0 N–H and O–H groups in total. The number of amides is 2. The molecule has 1 aliphatic heterocycles. The maximum Gasteiger partial charge on any atom is 0.261 e. The van der Waals surface area contributed by atoms with Crippen molar-refractivity contribution in [1.29, 1.82) is 0 Å². The molecule has 3 nitrogen and oxygen atoms in total. The first kappa shape index (κ1) is 15.0. The highest BCUT2D eigenvalue weighted by Gasteiger charge is 2.35. The maximum atomic E-state index is 12.2. The van der Waals surface area contributed by atoms with Gasteiger partial charge in [-0.2, -0.15) is 0 Å². The van der Waals surface area contributed by atoms with E-state index in [-0.39, 0.29) is 11.8 Å². The van der Waals surface area contributed by atoms with Gasteiger partial charge in [0.25, 0.3) is 11.8 Å². The fraction of sp³-hybridized carbons (Fsp3) is 0.429. The Hall–Kier alpha value is -0.430. The summed E-state index contributed by atoms with van der Waals surface area (Å²) in [6.07, 6.45) is 4.24. The van der Waals surface area contributed by atoms with Crippen LogP contribution >= 0.6 is 38.5 Å². The highest BCUT2D eigenvalue weighted by atomic mass is 127. The summed E-state index contributed by atoms with van der Waals surface area (Å²) in [4.78, 5) is 25.8. The summed E-state index contributed by atoms with van der Waals surface area (Å²) < 4.78 is 1.81. The van der Waals surface area contributed by atoms with Crippen LogP contribution in [0.15, 0.2) is 16.6 Å². The molecule has 1 aromatic rings. The summed E-state index contributed by atoms with van der Waals surface area (Å²) in [7, 11) is 0. The molecule has 2 rings (SSSR count). The van der Waals surface area contributed by atoms with Gasteiger partial charge in [0.05, 0.1) is 11.1 Å². The Balaban J connectivity index is 2.15. The Kier molecular flexibility index (Phi) is 5.00. The van der Waals surface area contributed by atoms with Gasteiger partial charge in [-0.1, -0.05) is 26.2 Å². The van der Waals surface area contributed by atoms with Crippen LogP contribution in [0.1, 0.15) is 53.3 Å². The van der Waals surface area contributed by atoms with Crippen molar-refractivity contribution in [2.45, 2.75) is 32.6 Å². The quantitative estimate of drug-likeness (QED) is 0.394. The summed E-state index contributed by atoms with van der Waals surface area (Å²) in [5.41, 5.74) is 1.06. The zero-order valence-electron chi connectivity index (χ0n) is 10.7. The molecule has 0 radical (unpaired) electrons. The third-order valence-corrected chi connectivity index (χ3v) is 5.54. The number of rotatable bonds is 5. The number of halogens is 2. The average molecular weight is 436 g/mol. The topological polar surface area (TPSA) is 37.4 Å². The van der Waals surface area contributed by atoms with Gasteiger partial charge < -0.3 is 0 Å². The number of unbranched alkanes of at least 4 members (excludes halogenated alkanes) is 3. The van der Waals surface area contributed by atoms with Crippen molar-refractivity contribution in [1.82, 2.24) is 4.90 Å². The number of imide groups is 1. The minimum Gasteiger partial charge on any atom is -0.274 e. The van der Waals surface area contributed by atoms with E-state index in [4.69, 9.17) is 0 Å². The number of benzene rings is 1. The number of nitrogens with zero attached hydrogens (tertiary/aromatic N) is 1. The Labute approximate surface area is 135 Å². The van der Waals surface area contributed by atoms with E-state index in [1.165, 1.54) is 4.90 Å². The molecule has 0 saturated heterocycles. The Morgan fingerprint density at radius 2 is 1.74 bits per heavy atom. The lowest BCUT2D eigenvalue weighted by molar-refractivity contribution is 0.0651. The van der Waals surface area contributed by atoms with Gasteiger partial charge in [0.2, 0.25) is 0 Å². The van der Waals surface area contributed by atoms with E-state index < -0.39 is 0 Å². The fourth-order valence-corrected chi connectivity index (χ4v) is 2.99. The van der Waals surface area contributed by atoms with Crippen LogP contribution in [0.25, 0.3) is 0 Å². The van der Waals surface area contributed by atoms with Gasteiger partial charge in [0.1, 0.15) is 0 Å². The number of hydrogen-bond donors (Lipinski definition) is 0. The van der Waals surface area contributed by atoms with E-state index in [0.29, 0.717) is 17.7 Å². The molecular formula is C14H15BrINO2. The fourth-order valence-electron chi connectivity index (χ4n) is 2.18. The zero-order valence-corrected chi connectivity index (χ0v) is 14.5. The SMILES string of the molecule is CCCCCCN1C(=O)c2cc(Br)c(I)cc2C1=O. The molecule has 5 heteroatoms. The van der Waals surface area contributed by atoms with Crippen LogP contribution in [-0.4, -0.2) is 23.3 Å². The van der Waals surface area contributed by atoms with Crippen molar-refractivity contribution < 1.29 is 9.59 Å². The van der Waals surface area contributed by atoms with E-state index in [1.54, 1.807) is 12.1 Å². The summed E-state index contributed by atoms with van der Waals surface area (Å²) in [6.45, 7) is 2.67. The van der Waals surface area contributed by atoms with Gasteiger partial charge in [-0.3, -0.25) is 14.5 Å². The van der Waals surface area contributed by atoms with E-state index >= 15 is 0 Å². The Morgan fingerprint density at radius 3 is 2.37 bits per heavy atom. The van der Waals surface area contributed by atoms with Crippen LogP contribution in [0.4, 0.5) is 0 Å². The lowest BCUT2D eigenvalue weighted by Gasteiger charge is -2.13. The van der Waals surface area contributed by atoms with Gasteiger partial charge in [0.15, 0.2) is 0 Å². The highest BCUT2D eigenvalue weighted by molar-refractivity contribution is 14.1. The number of fused-ring (bicyclic) bond motifs is 1. The molecule has 102 valence electrons. The number of hydrogen-bond acceptors (Lipinski definition) is 2. The van der Waals surface area contributed by atoms with Gasteiger partial charge in [-0.05, 0) is 57.1 Å². The predicted molar refractivity (Wildman–Crippen MR) is 86.4 cm³/mol. The van der Waals surface area contributed by atoms with Crippen molar-refractivity contribution in [2.75, 3.05) is 6.54 Å². The molecule has 0 atom stereocenters. The molecule has 0 unspecified atom stereocenters. The van der Waals surface area contributed by atoms with E-state index in [1.807, 2.05) is 0 Å². The largest absolute Gasteiger partial charge is 0.274 e. The minimum absolute atomic E-state index is 0.151. The van der Waals surface area contributed by atoms with E-state index in [2.05, 4.69) is 45.4 Å². The predicted octanol–water partition coefficient (Wildman–Crippen LogP) is 4.23. The Morgan fingerprint density at radius 1 is 1.11 bits per heavy atom.